The van der Waals surface area contributed by atoms with Gasteiger partial charge in [0.1, 0.15) is 0 Å². The van der Waals surface area contributed by atoms with Crippen LogP contribution in [0.15, 0.2) is 29.3 Å². The summed E-state index contributed by atoms with van der Waals surface area (Å²) in [4.78, 5) is 7.07. The molecular weight excluding hydrogens is 284 g/mol. The number of benzene rings is 1. The minimum absolute atomic E-state index is 0.527. The van der Waals surface area contributed by atoms with Gasteiger partial charge in [0.05, 0.1) is 0 Å². The predicted molar refractivity (Wildman–Crippen MR) is 96.7 cm³/mol. The molecule has 2 N–H and O–H groups in total. The van der Waals surface area contributed by atoms with Crippen LogP contribution in [0.4, 0.5) is 0 Å². The predicted octanol–water partition coefficient (Wildman–Crippen LogP) is 2.68. The molecule has 2 aliphatic rings. The fourth-order valence-corrected chi connectivity index (χ4v) is 3.90. The van der Waals surface area contributed by atoms with Crippen molar-refractivity contribution in [2.75, 3.05) is 20.1 Å². The summed E-state index contributed by atoms with van der Waals surface area (Å²) in [6.45, 7) is 5.35. The number of guanidine groups is 1. The zero-order chi connectivity index (χ0) is 16.1. The molecule has 23 heavy (non-hydrogen) atoms. The maximum Gasteiger partial charge on any atom is 0.191 e. The average Bonchev–Trinajstić information content (AvgIpc) is 3.22. The van der Waals surface area contributed by atoms with Gasteiger partial charge >= 0.3 is 0 Å². The highest BCUT2D eigenvalue weighted by atomic mass is 15.3. The van der Waals surface area contributed by atoms with E-state index in [1.165, 1.54) is 49.8 Å². The van der Waals surface area contributed by atoms with Gasteiger partial charge in [0, 0.05) is 38.8 Å². The molecule has 1 aromatic rings. The third kappa shape index (κ3) is 4.47. The summed E-state index contributed by atoms with van der Waals surface area (Å²) in [5.74, 6) is 0.921. The van der Waals surface area contributed by atoms with E-state index in [0.29, 0.717) is 6.04 Å². The van der Waals surface area contributed by atoms with Crippen LogP contribution < -0.4 is 10.6 Å². The van der Waals surface area contributed by atoms with Crippen molar-refractivity contribution >= 4 is 5.96 Å². The van der Waals surface area contributed by atoms with Crippen LogP contribution in [0.2, 0.25) is 0 Å². The number of aliphatic imine (C=N–C) groups is 1. The van der Waals surface area contributed by atoms with E-state index in [9.17, 15) is 0 Å². The second-order valence-electron chi connectivity index (χ2n) is 6.98. The van der Waals surface area contributed by atoms with Crippen molar-refractivity contribution in [3.63, 3.8) is 0 Å². The van der Waals surface area contributed by atoms with E-state index < -0.39 is 0 Å². The van der Waals surface area contributed by atoms with Gasteiger partial charge in [-0.25, -0.2) is 0 Å². The Morgan fingerprint density at radius 1 is 1.26 bits per heavy atom. The van der Waals surface area contributed by atoms with Crippen molar-refractivity contribution in [2.24, 2.45) is 4.99 Å². The third-order valence-corrected chi connectivity index (χ3v) is 5.17. The first-order chi connectivity index (χ1) is 11.2. The summed E-state index contributed by atoms with van der Waals surface area (Å²) in [7, 11) is 1.86. The van der Waals surface area contributed by atoms with Crippen molar-refractivity contribution in [1.29, 1.82) is 0 Å². The van der Waals surface area contributed by atoms with Crippen LogP contribution in [0.3, 0.4) is 0 Å². The summed E-state index contributed by atoms with van der Waals surface area (Å²) < 4.78 is 0. The monoisotopic (exact) mass is 314 g/mol. The van der Waals surface area contributed by atoms with Crippen LogP contribution in [0, 0.1) is 6.92 Å². The molecule has 0 aromatic heterocycles. The summed E-state index contributed by atoms with van der Waals surface area (Å²) in [6, 6.07) is 9.98. The van der Waals surface area contributed by atoms with E-state index >= 15 is 0 Å². The molecule has 0 spiro atoms. The lowest BCUT2D eigenvalue weighted by Crippen LogP contribution is -2.45. The van der Waals surface area contributed by atoms with E-state index in [1.54, 1.807) is 0 Å². The van der Waals surface area contributed by atoms with Crippen molar-refractivity contribution < 1.29 is 0 Å². The van der Waals surface area contributed by atoms with Gasteiger partial charge in [-0.05, 0) is 31.7 Å². The number of aryl methyl sites for hydroxylation is 1. The summed E-state index contributed by atoms with van der Waals surface area (Å²) in [5.41, 5.74) is 2.60. The van der Waals surface area contributed by atoms with Gasteiger partial charge in [0.2, 0.25) is 0 Å². The van der Waals surface area contributed by atoms with Crippen molar-refractivity contribution in [1.82, 2.24) is 15.5 Å². The largest absolute Gasteiger partial charge is 0.352 e. The van der Waals surface area contributed by atoms with Gasteiger partial charge in [-0.3, -0.25) is 9.89 Å². The van der Waals surface area contributed by atoms with Gasteiger partial charge < -0.3 is 10.6 Å². The van der Waals surface area contributed by atoms with Crippen LogP contribution in [0.1, 0.15) is 43.2 Å². The second-order valence-corrected chi connectivity index (χ2v) is 6.98. The van der Waals surface area contributed by atoms with Crippen LogP contribution in [-0.2, 0) is 6.54 Å². The highest BCUT2D eigenvalue weighted by Crippen LogP contribution is 2.26. The number of rotatable bonds is 4. The standard InChI is InChI=1S/C19H30N4/c1-15-6-5-7-16(12-15)13-21-19(20-2)22-17-10-11-23(14-17)18-8-3-4-9-18/h5-7,12,17-18H,3-4,8-11,13-14H2,1-2H3,(H2,20,21,22). The van der Waals surface area contributed by atoms with Gasteiger partial charge in [-0.1, -0.05) is 42.7 Å². The molecule has 3 rings (SSSR count). The maximum atomic E-state index is 4.39. The molecule has 0 amide bonds. The smallest absolute Gasteiger partial charge is 0.191 e. The number of nitrogens with one attached hydrogen (secondary N) is 2. The van der Waals surface area contributed by atoms with Gasteiger partial charge in [-0.2, -0.15) is 0 Å². The lowest BCUT2D eigenvalue weighted by Gasteiger charge is -2.24. The average molecular weight is 314 g/mol. The molecule has 1 saturated carbocycles. The molecule has 126 valence electrons. The van der Waals surface area contributed by atoms with Gasteiger partial charge in [-0.15, -0.1) is 0 Å². The van der Waals surface area contributed by atoms with Crippen molar-refractivity contribution in [3.8, 4) is 0 Å². The Morgan fingerprint density at radius 3 is 2.83 bits per heavy atom. The molecule has 1 aliphatic heterocycles. The minimum Gasteiger partial charge on any atom is -0.352 e. The Morgan fingerprint density at radius 2 is 2.09 bits per heavy atom. The molecule has 0 bridgehead atoms. The van der Waals surface area contributed by atoms with E-state index in [4.69, 9.17) is 0 Å². The minimum atomic E-state index is 0.527. The Labute approximate surface area is 140 Å². The summed E-state index contributed by atoms with van der Waals surface area (Å²) in [6.07, 6.45) is 6.85. The van der Waals surface area contributed by atoms with Crippen LogP contribution in [-0.4, -0.2) is 43.1 Å². The molecule has 2 fully saturated rings. The molecule has 1 aromatic carbocycles. The highest BCUT2D eigenvalue weighted by molar-refractivity contribution is 5.80. The molecule has 0 radical (unpaired) electrons. The molecule has 1 saturated heterocycles. The van der Waals surface area contributed by atoms with E-state index in [1.807, 2.05) is 7.05 Å². The molecule has 4 nitrogen and oxygen atoms in total. The van der Waals surface area contributed by atoms with Gasteiger partial charge in [0.15, 0.2) is 5.96 Å². The molecule has 1 aliphatic carbocycles. The summed E-state index contributed by atoms with van der Waals surface area (Å²) in [5, 5.41) is 7.05. The summed E-state index contributed by atoms with van der Waals surface area (Å²) >= 11 is 0. The zero-order valence-corrected chi connectivity index (χ0v) is 14.5. The Kier molecular flexibility index (Phi) is 5.55. The number of likely N-dealkylation sites (tertiary alicyclic amines) is 1. The Balaban J connectivity index is 1.46. The number of hydrogen-bond donors (Lipinski definition) is 2. The number of nitrogens with zero attached hydrogens (tertiary/aromatic N) is 2. The molecule has 1 unspecified atom stereocenters. The lowest BCUT2D eigenvalue weighted by molar-refractivity contribution is 0.242. The molecule has 4 heteroatoms. The Hall–Kier alpha value is -1.55. The molecular formula is C19H30N4. The normalized spacial score (nSPS) is 23.4. The Bertz CT molecular complexity index is 534. The zero-order valence-electron chi connectivity index (χ0n) is 14.5. The van der Waals surface area contributed by atoms with E-state index in [2.05, 4.69) is 51.7 Å². The van der Waals surface area contributed by atoms with Crippen LogP contribution in [0.25, 0.3) is 0 Å². The molecule has 1 heterocycles. The topological polar surface area (TPSA) is 39.7 Å². The van der Waals surface area contributed by atoms with E-state index in [-0.39, 0.29) is 0 Å². The maximum absolute atomic E-state index is 4.39. The highest BCUT2D eigenvalue weighted by Gasteiger charge is 2.30. The number of hydrogen-bond acceptors (Lipinski definition) is 2. The van der Waals surface area contributed by atoms with Gasteiger partial charge in [0.25, 0.3) is 0 Å². The third-order valence-electron chi connectivity index (χ3n) is 5.17. The fraction of sp³-hybridized carbons (Fsp3) is 0.632. The first-order valence-electron chi connectivity index (χ1n) is 9.01. The molecule has 1 atom stereocenters. The van der Waals surface area contributed by atoms with Crippen molar-refractivity contribution in [2.45, 2.75) is 57.7 Å². The first-order valence-corrected chi connectivity index (χ1v) is 9.01. The quantitative estimate of drug-likeness (QED) is 0.663. The lowest BCUT2D eigenvalue weighted by atomic mass is 10.1. The van der Waals surface area contributed by atoms with Crippen molar-refractivity contribution in [3.05, 3.63) is 35.4 Å². The van der Waals surface area contributed by atoms with E-state index in [0.717, 1.165) is 25.1 Å². The SMILES string of the molecule is CN=C(NCc1cccc(C)c1)NC1CCN(C2CCCC2)C1. The second kappa shape index (κ2) is 7.82. The fourth-order valence-electron chi connectivity index (χ4n) is 3.90. The van der Waals surface area contributed by atoms with Crippen LogP contribution >= 0.6 is 0 Å². The van der Waals surface area contributed by atoms with Crippen LogP contribution in [0.5, 0.6) is 0 Å². The first kappa shape index (κ1) is 16.3.